The summed E-state index contributed by atoms with van der Waals surface area (Å²) in [6, 6.07) is 38.4. The van der Waals surface area contributed by atoms with Crippen LogP contribution in [0.1, 0.15) is 0 Å². The number of hydrogen-bond donors (Lipinski definition) is 0. The molecule has 15 heteroatoms. The third-order valence-electron chi connectivity index (χ3n) is 7.02. The zero-order chi connectivity index (χ0) is 35.1. The van der Waals surface area contributed by atoms with Gasteiger partial charge in [-0.05, 0) is 48.5 Å². The van der Waals surface area contributed by atoms with Gasteiger partial charge in [0.15, 0.2) is 0 Å². The molecule has 0 heterocycles. The summed E-state index contributed by atoms with van der Waals surface area (Å²) >= 11 is 0. The molecule has 0 unspecified atom stereocenters. The number of carboxylic acids is 4. The standard InChI is InChI=1S/C24H19NO2P.C10H16N2O8.Fe/c26-25(27)20-16-18-24(19-17-20)28(21-10-4-1-5-11-21,22-12-6-2-7-13-22)23-14-8-3-9-15-23;13-7(14)3-11(4-8(15)16)1-2-12(5-9(17)18)6-10(19)20;/h1-19H;1-6H2,(H,13,14)(H,15,16)(H,17,18)(H,19,20);/q+1;;+3/p-4. The predicted octanol–water partition coefficient (Wildman–Crippen LogP) is -3.20. The summed E-state index contributed by atoms with van der Waals surface area (Å²) in [7, 11) is -2.18. The Kier molecular flexibility index (Phi) is 16.2. The maximum Gasteiger partial charge on any atom is 3.00 e. The van der Waals surface area contributed by atoms with Gasteiger partial charge in [0.1, 0.15) is 28.5 Å². The molecule has 13 nitrogen and oxygen atoms in total. The molecule has 0 spiro atoms. The van der Waals surface area contributed by atoms with Crippen LogP contribution in [0.5, 0.6) is 0 Å². The van der Waals surface area contributed by atoms with Gasteiger partial charge in [-0.2, -0.15) is 0 Å². The van der Waals surface area contributed by atoms with E-state index < -0.39 is 57.3 Å². The minimum atomic E-state index is -2.18. The molecule has 0 aliphatic rings. The Hall–Kier alpha value is -4.97. The molecular formula is C34H31FeN3O10P. The zero-order valence-electron chi connectivity index (χ0n) is 25.9. The first-order chi connectivity index (χ1) is 22.9. The van der Waals surface area contributed by atoms with E-state index in [1.54, 1.807) is 12.1 Å². The van der Waals surface area contributed by atoms with Gasteiger partial charge < -0.3 is 39.6 Å². The van der Waals surface area contributed by atoms with Crippen molar-refractivity contribution < 1.29 is 61.6 Å². The van der Waals surface area contributed by atoms with Crippen molar-refractivity contribution >= 4 is 58.0 Å². The SMILES string of the molecule is O=C([O-])CN(CCN(CC(=O)[O-])CC(=O)[O-])CC(=O)[O-].O=[N+]([O-])c1ccc([P+](c2ccccc2)(c2ccccc2)c2ccccc2)cc1.[Fe+3]. The molecule has 0 saturated carbocycles. The van der Waals surface area contributed by atoms with Crippen molar-refractivity contribution in [2.45, 2.75) is 0 Å². The van der Waals surface area contributed by atoms with Crippen molar-refractivity contribution in [3.63, 3.8) is 0 Å². The number of rotatable bonds is 16. The van der Waals surface area contributed by atoms with E-state index in [1.165, 1.54) is 15.9 Å². The molecule has 0 saturated heterocycles. The number of nitrogens with zero attached hydrogens (tertiary/aromatic N) is 3. The monoisotopic (exact) mass is 728 g/mol. The third-order valence-corrected chi connectivity index (χ3v) is 11.3. The Balaban J connectivity index is 0.000000355. The molecule has 0 aromatic heterocycles. The van der Waals surface area contributed by atoms with Crippen LogP contribution in [-0.4, -0.2) is 77.9 Å². The average molecular weight is 728 g/mol. The molecule has 0 bridgehead atoms. The first-order valence-electron chi connectivity index (χ1n) is 14.5. The second-order valence-corrected chi connectivity index (χ2v) is 13.8. The van der Waals surface area contributed by atoms with Crippen molar-refractivity contribution in [3.8, 4) is 0 Å². The fourth-order valence-corrected chi connectivity index (χ4v) is 9.33. The number of carbonyl (C=O) groups excluding carboxylic acids is 4. The van der Waals surface area contributed by atoms with Crippen LogP contribution in [0.3, 0.4) is 0 Å². The Morgan fingerprint density at radius 2 is 0.755 bits per heavy atom. The summed E-state index contributed by atoms with van der Waals surface area (Å²) in [4.78, 5) is 54.3. The van der Waals surface area contributed by atoms with E-state index in [0.29, 0.717) is 0 Å². The summed E-state index contributed by atoms with van der Waals surface area (Å²) in [5.74, 6) is -6.12. The summed E-state index contributed by atoms with van der Waals surface area (Å²) in [5.41, 5.74) is 0.107. The van der Waals surface area contributed by atoms with Crippen LogP contribution in [0, 0.1) is 10.1 Å². The molecule has 0 aliphatic carbocycles. The number of benzene rings is 4. The molecule has 49 heavy (non-hydrogen) atoms. The van der Waals surface area contributed by atoms with Crippen LogP contribution in [0.2, 0.25) is 0 Å². The molecule has 4 aromatic rings. The summed E-state index contributed by atoms with van der Waals surface area (Å²) in [5, 5.41) is 57.6. The number of hydrogen-bond acceptors (Lipinski definition) is 12. The first kappa shape index (κ1) is 40.2. The number of nitro benzene ring substituents is 1. The molecule has 0 fully saturated rings. The van der Waals surface area contributed by atoms with Gasteiger partial charge in [0.25, 0.3) is 5.69 Å². The van der Waals surface area contributed by atoms with Gasteiger partial charge in [0.05, 0.1) is 28.8 Å². The zero-order valence-corrected chi connectivity index (χ0v) is 27.9. The Morgan fingerprint density at radius 1 is 0.490 bits per heavy atom. The number of carbonyl (C=O) groups is 4. The maximum atomic E-state index is 11.2. The van der Waals surface area contributed by atoms with Crippen molar-refractivity contribution in [1.82, 2.24) is 9.80 Å². The fraction of sp³-hybridized carbons (Fsp3) is 0.176. The van der Waals surface area contributed by atoms with E-state index in [4.69, 9.17) is 0 Å². The average Bonchev–Trinajstić information content (AvgIpc) is 3.05. The number of nitro groups is 1. The maximum absolute atomic E-state index is 11.2. The van der Waals surface area contributed by atoms with Crippen LogP contribution in [-0.2, 0) is 36.2 Å². The second kappa shape index (κ2) is 19.8. The molecule has 0 aliphatic heterocycles. The third kappa shape index (κ3) is 11.9. The van der Waals surface area contributed by atoms with Crippen molar-refractivity contribution in [1.29, 1.82) is 0 Å². The summed E-state index contributed by atoms with van der Waals surface area (Å²) < 4.78 is 0. The van der Waals surface area contributed by atoms with Crippen LogP contribution in [0.25, 0.3) is 0 Å². The van der Waals surface area contributed by atoms with Gasteiger partial charge in [0.2, 0.25) is 0 Å². The van der Waals surface area contributed by atoms with Crippen molar-refractivity contribution in [2.75, 3.05) is 39.3 Å². The largest absolute Gasteiger partial charge is 3.00 e. The van der Waals surface area contributed by atoms with Gasteiger partial charge in [-0.1, -0.05) is 54.6 Å². The second-order valence-electron chi connectivity index (χ2n) is 10.4. The summed E-state index contributed by atoms with van der Waals surface area (Å²) in [6.07, 6.45) is 0. The van der Waals surface area contributed by atoms with Gasteiger partial charge in [-0.15, -0.1) is 0 Å². The predicted molar refractivity (Wildman–Crippen MR) is 171 cm³/mol. The number of carboxylic acid groups (broad SMARTS) is 4. The van der Waals surface area contributed by atoms with E-state index in [0.717, 1.165) is 15.1 Å². The van der Waals surface area contributed by atoms with E-state index in [2.05, 4.69) is 72.8 Å². The molecule has 4 aromatic carbocycles. The number of aliphatic carboxylic acids is 4. The van der Waals surface area contributed by atoms with E-state index >= 15 is 0 Å². The Bertz CT molecular complexity index is 1520. The van der Waals surface area contributed by atoms with Crippen LogP contribution >= 0.6 is 7.26 Å². The quantitative estimate of drug-likeness (QED) is 0.0484. The first-order valence-corrected chi connectivity index (χ1v) is 16.3. The van der Waals surface area contributed by atoms with Gasteiger partial charge >= 0.3 is 17.1 Å². The minimum Gasteiger partial charge on any atom is -0.549 e. The van der Waals surface area contributed by atoms with E-state index in [-0.39, 0.29) is 40.8 Å². The molecule has 0 amide bonds. The number of non-ortho nitro benzene ring substituents is 1. The molecule has 1 radical (unpaired) electrons. The van der Waals surface area contributed by atoms with E-state index in [1.807, 2.05) is 30.3 Å². The molecule has 0 atom stereocenters. The van der Waals surface area contributed by atoms with Crippen molar-refractivity contribution in [3.05, 3.63) is 125 Å². The normalized spacial score (nSPS) is 10.7. The van der Waals surface area contributed by atoms with Crippen LogP contribution in [0.4, 0.5) is 5.69 Å². The van der Waals surface area contributed by atoms with Gasteiger partial charge in [0, 0.05) is 51.4 Å². The van der Waals surface area contributed by atoms with Gasteiger partial charge in [-0.3, -0.25) is 19.9 Å². The fourth-order valence-electron chi connectivity index (χ4n) is 5.09. The summed E-state index contributed by atoms with van der Waals surface area (Å²) in [6.45, 7) is -3.25. The molecule has 4 rings (SSSR count). The van der Waals surface area contributed by atoms with Gasteiger partial charge in [-0.25, -0.2) is 0 Å². The minimum absolute atomic E-state index is 0. The Labute approximate surface area is 293 Å². The Morgan fingerprint density at radius 3 is 1.00 bits per heavy atom. The molecule has 255 valence electrons. The topological polar surface area (TPSA) is 210 Å². The smallest absolute Gasteiger partial charge is 0.549 e. The van der Waals surface area contributed by atoms with Crippen LogP contribution < -0.4 is 41.6 Å². The van der Waals surface area contributed by atoms with Crippen molar-refractivity contribution in [2.24, 2.45) is 0 Å². The van der Waals surface area contributed by atoms with Crippen LogP contribution in [0.15, 0.2) is 115 Å². The molecule has 0 N–H and O–H groups in total. The molecular weight excluding hydrogens is 697 g/mol. The van der Waals surface area contributed by atoms with E-state index in [9.17, 15) is 49.7 Å².